The number of thiol groups is 4. The molecular weight excluding hydrogens is 401 g/mol. The van der Waals surface area contributed by atoms with Gasteiger partial charge >= 0.3 is 0 Å². The first-order chi connectivity index (χ1) is 11.2. The Labute approximate surface area is 175 Å². The van der Waals surface area contributed by atoms with Crippen LogP contribution in [-0.2, 0) is 3.63 Å². The van der Waals surface area contributed by atoms with Crippen LogP contribution in [0.3, 0.4) is 0 Å². The summed E-state index contributed by atoms with van der Waals surface area (Å²) in [5.41, 5.74) is 0. The van der Waals surface area contributed by atoms with E-state index < -0.39 is 0 Å². The SMILES string of the molecule is SCCCCCCC(S)CSOSCC(S)CCCCCCS. The zero-order valence-electron chi connectivity index (χ0n) is 14.1. The van der Waals surface area contributed by atoms with Gasteiger partial charge in [-0.15, -0.1) is 0 Å². The van der Waals surface area contributed by atoms with Gasteiger partial charge in [-0.3, -0.25) is 0 Å². The van der Waals surface area contributed by atoms with Crippen molar-refractivity contribution in [2.24, 2.45) is 0 Å². The van der Waals surface area contributed by atoms with Gasteiger partial charge in [0, 0.05) is 46.1 Å². The third kappa shape index (κ3) is 20.2. The Bertz CT molecular complexity index is 211. The van der Waals surface area contributed by atoms with Crippen molar-refractivity contribution in [3.63, 3.8) is 0 Å². The van der Waals surface area contributed by atoms with Gasteiger partial charge in [0.15, 0.2) is 0 Å². The summed E-state index contributed by atoms with van der Waals surface area (Å²) in [7, 11) is 0. The molecule has 0 aliphatic heterocycles. The predicted molar refractivity (Wildman–Crippen MR) is 125 cm³/mol. The first-order valence-corrected chi connectivity index (χ1v) is 12.8. The minimum absolute atomic E-state index is 0.440. The predicted octanol–water partition coefficient (Wildman–Crippen LogP) is 6.66. The second kappa shape index (κ2) is 20.4. The largest absolute Gasteiger partial charge is 0.247 e. The van der Waals surface area contributed by atoms with E-state index in [1.165, 1.54) is 88.3 Å². The molecule has 0 aromatic carbocycles. The average molecular weight is 435 g/mol. The van der Waals surface area contributed by atoms with Crippen molar-refractivity contribution in [1.82, 2.24) is 0 Å². The zero-order valence-corrected chi connectivity index (χ0v) is 19.3. The zero-order chi connectivity index (χ0) is 17.2. The van der Waals surface area contributed by atoms with Gasteiger partial charge in [-0.2, -0.15) is 50.5 Å². The average Bonchev–Trinajstić information content (AvgIpc) is 2.54. The highest BCUT2D eigenvalue weighted by Gasteiger charge is 2.06. The fraction of sp³-hybridized carbons (Fsp3) is 1.00. The second-order valence-electron chi connectivity index (χ2n) is 5.80. The Morgan fingerprint density at radius 1 is 0.609 bits per heavy atom. The Balaban J connectivity index is 3.26. The van der Waals surface area contributed by atoms with E-state index in [9.17, 15) is 0 Å². The highest BCUT2D eigenvalue weighted by molar-refractivity contribution is 8.08. The van der Waals surface area contributed by atoms with Crippen LogP contribution < -0.4 is 0 Å². The normalized spacial score (nSPS) is 14.1. The van der Waals surface area contributed by atoms with Crippen LogP contribution in [-0.4, -0.2) is 33.5 Å². The standard InChI is InChI=1S/C16H34OS6/c18-11-7-3-1-5-9-15(20)13-22-17-23-14-16(21)10-6-2-4-8-12-19/h15-16,18-21H,1-14H2. The molecule has 0 radical (unpaired) electrons. The van der Waals surface area contributed by atoms with Gasteiger partial charge < -0.3 is 0 Å². The minimum Gasteiger partial charge on any atom is -0.247 e. The molecule has 0 spiro atoms. The molecular formula is C16H34OS6. The van der Waals surface area contributed by atoms with Gasteiger partial charge in [0.1, 0.15) is 0 Å². The summed E-state index contributed by atoms with van der Waals surface area (Å²) in [4.78, 5) is 0. The Kier molecular flexibility index (Phi) is 22.2. The van der Waals surface area contributed by atoms with Gasteiger partial charge in [0.2, 0.25) is 0 Å². The molecule has 0 aliphatic carbocycles. The lowest BCUT2D eigenvalue weighted by molar-refractivity contribution is 0.631. The van der Waals surface area contributed by atoms with Crippen molar-refractivity contribution < 1.29 is 3.63 Å². The molecule has 1 nitrogen and oxygen atoms in total. The van der Waals surface area contributed by atoms with Crippen molar-refractivity contribution in [2.75, 3.05) is 23.0 Å². The van der Waals surface area contributed by atoms with Crippen LogP contribution in [0.2, 0.25) is 0 Å². The van der Waals surface area contributed by atoms with Crippen molar-refractivity contribution in [3.05, 3.63) is 0 Å². The Hall–Kier alpha value is 2.06. The van der Waals surface area contributed by atoms with Crippen LogP contribution in [0.25, 0.3) is 0 Å². The highest BCUT2D eigenvalue weighted by atomic mass is 32.2. The van der Waals surface area contributed by atoms with Crippen molar-refractivity contribution in [1.29, 1.82) is 0 Å². The van der Waals surface area contributed by atoms with Gasteiger partial charge in [-0.05, 0) is 37.2 Å². The topological polar surface area (TPSA) is 9.23 Å². The molecule has 0 aromatic rings. The van der Waals surface area contributed by atoms with Crippen molar-refractivity contribution in [2.45, 2.75) is 74.7 Å². The van der Waals surface area contributed by atoms with Crippen molar-refractivity contribution >= 4 is 74.6 Å². The molecule has 2 unspecified atom stereocenters. The molecule has 0 amide bonds. The van der Waals surface area contributed by atoms with E-state index in [1.807, 2.05) is 0 Å². The fourth-order valence-corrected chi connectivity index (χ4v) is 4.65. The summed E-state index contributed by atoms with van der Waals surface area (Å²) in [5, 5.41) is 0.880. The summed E-state index contributed by atoms with van der Waals surface area (Å²) in [6.45, 7) is 0. The van der Waals surface area contributed by atoms with Crippen LogP contribution in [0, 0.1) is 0 Å². The van der Waals surface area contributed by atoms with Crippen molar-refractivity contribution in [3.8, 4) is 0 Å². The monoisotopic (exact) mass is 434 g/mol. The number of hydrogen-bond acceptors (Lipinski definition) is 7. The molecule has 0 bridgehead atoms. The highest BCUT2D eigenvalue weighted by Crippen LogP contribution is 2.23. The van der Waals surface area contributed by atoms with Gasteiger partial charge in [0.25, 0.3) is 0 Å². The van der Waals surface area contributed by atoms with Crippen LogP contribution in [0.15, 0.2) is 0 Å². The van der Waals surface area contributed by atoms with E-state index in [-0.39, 0.29) is 0 Å². The van der Waals surface area contributed by atoms with E-state index in [1.54, 1.807) is 0 Å². The number of unbranched alkanes of at least 4 members (excludes halogenated alkanes) is 6. The lowest BCUT2D eigenvalue weighted by Crippen LogP contribution is -2.04. The van der Waals surface area contributed by atoms with E-state index in [2.05, 4.69) is 50.5 Å². The molecule has 0 N–H and O–H groups in total. The lowest BCUT2D eigenvalue weighted by atomic mass is 10.1. The third-order valence-corrected chi connectivity index (χ3v) is 7.36. The van der Waals surface area contributed by atoms with E-state index in [0.29, 0.717) is 10.5 Å². The fourth-order valence-electron chi connectivity index (χ4n) is 2.10. The lowest BCUT2D eigenvalue weighted by Gasteiger charge is -2.11. The molecule has 140 valence electrons. The van der Waals surface area contributed by atoms with Crippen LogP contribution in [0.4, 0.5) is 0 Å². The first kappa shape index (κ1) is 25.1. The maximum Gasteiger partial charge on any atom is 0.0327 e. The number of hydrogen-bond donors (Lipinski definition) is 4. The summed E-state index contributed by atoms with van der Waals surface area (Å²) in [6, 6.07) is 0. The molecule has 0 saturated carbocycles. The van der Waals surface area contributed by atoms with Crippen LogP contribution >= 0.6 is 74.6 Å². The molecule has 23 heavy (non-hydrogen) atoms. The molecule has 0 heterocycles. The summed E-state index contributed by atoms with van der Waals surface area (Å²) in [5.74, 6) is 3.94. The van der Waals surface area contributed by atoms with Crippen LogP contribution in [0.5, 0.6) is 0 Å². The molecule has 2 atom stereocenters. The van der Waals surface area contributed by atoms with E-state index in [4.69, 9.17) is 3.63 Å². The minimum atomic E-state index is 0.440. The quantitative estimate of drug-likeness (QED) is 0.109. The van der Waals surface area contributed by atoms with Gasteiger partial charge in [0.05, 0.1) is 0 Å². The first-order valence-electron chi connectivity index (χ1n) is 8.69. The molecule has 0 fully saturated rings. The molecule has 7 heteroatoms. The van der Waals surface area contributed by atoms with E-state index >= 15 is 0 Å². The van der Waals surface area contributed by atoms with Gasteiger partial charge in [-0.25, -0.2) is 3.63 Å². The molecule has 0 aromatic heterocycles. The molecule has 0 saturated heterocycles. The Morgan fingerprint density at radius 3 is 1.39 bits per heavy atom. The summed E-state index contributed by atoms with van der Waals surface area (Å²) >= 11 is 20.8. The van der Waals surface area contributed by atoms with Gasteiger partial charge in [-0.1, -0.05) is 38.5 Å². The smallest absolute Gasteiger partial charge is 0.0327 e. The maximum absolute atomic E-state index is 5.58. The number of rotatable bonds is 18. The third-order valence-electron chi connectivity index (χ3n) is 3.51. The summed E-state index contributed by atoms with van der Waals surface area (Å²) < 4.78 is 5.58. The molecule has 0 rings (SSSR count). The summed E-state index contributed by atoms with van der Waals surface area (Å²) in [6.07, 6.45) is 12.5. The second-order valence-corrected chi connectivity index (χ2v) is 9.84. The Morgan fingerprint density at radius 2 is 1.00 bits per heavy atom. The molecule has 0 aliphatic rings. The van der Waals surface area contributed by atoms with E-state index in [0.717, 1.165) is 23.0 Å². The van der Waals surface area contributed by atoms with Crippen LogP contribution in [0.1, 0.15) is 64.2 Å². The maximum atomic E-state index is 5.58.